The lowest BCUT2D eigenvalue weighted by molar-refractivity contribution is 0.0993. The van der Waals surface area contributed by atoms with Gasteiger partial charge in [-0.1, -0.05) is 36.0 Å². The van der Waals surface area contributed by atoms with Crippen LogP contribution in [0.4, 0.5) is 0 Å². The molecule has 1 unspecified atom stereocenters. The minimum atomic E-state index is -0.362. The fourth-order valence-electron chi connectivity index (χ4n) is 3.14. The molecule has 0 aliphatic heterocycles. The number of benzene rings is 2. The number of aryl methyl sites for hydroxylation is 2. The number of para-hydroxylation sites is 1. The van der Waals surface area contributed by atoms with Crippen LogP contribution in [0.2, 0.25) is 0 Å². The summed E-state index contributed by atoms with van der Waals surface area (Å²) in [4.78, 5) is 30.7. The zero-order valence-corrected chi connectivity index (χ0v) is 18.1. The lowest BCUT2D eigenvalue weighted by Crippen LogP contribution is -2.25. The number of carbonyl (C=O) groups is 1. The van der Waals surface area contributed by atoms with E-state index in [2.05, 4.69) is 0 Å². The molecule has 3 aromatic rings. The first kappa shape index (κ1) is 21.3. The van der Waals surface area contributed by atoms with Crippen molar-refractivity contribution in [1.82, 2.24) is 9.55 Å². The zero-order valence-electron chi connectivity index (χ0n) is 17.3. The zero-order chi connectivity index (χ0) is 21.0. The van der Waals surface area contributed by atoms with Crippen molar-refractivity contribution in [1.29, 1.82) is 0 Å². The number of Topliss-reactive ketones (excluding diaryl/α,β-unsaturated/α-hetero) is 1. The topological polar surface area (TPSA) is 61.2 Å². The third kappa shape index (κ3) is 4.77. The van der Waals surface area contributed by atoms with Gasteiger partial charge in [0.15, 0.2) is 10.9 Å². The Hall–Kier alpha value is -2.44. The minimum absolute atomic E-state index is 0.0314. The Kier molecular flexibility index (Phi) is 6.87. The van der Waals surface area contributed by atoms with Crippen LogP contribution in [-0.4, -0.2) is 34.3 Å². The molecule has 152 valence electrons. The van der Waals surface area contributed by atoms with Gasteiger partial charge in [0.25, 0.3) is 5.56 Å². The van der Waals surface area contributed by atoms with Gasteiger partial charge < -0.3 is 4.74 Å². The van der Waals surface area contributed by atoms with Crippen LogP contribution in [0.15, 0.2) is 52.4 Å². The Balaban J connectivity index is 1.94. The van der Waals surface area contributed by atoms with E-state index in [-0.39, 0.29) is 16.6 Å². The number of ketones is 1. The van der Waals surface area contributed by atoms with Crippen LogP contribution in [0.5, 0.6) is 0 Å². The highest BCUT2D eigenvalue weighted by atomic mass is 32.2. The molecule has 0 N–H and O–H groups in total. The van der Waals surface area contributed by atoms with Gasteiger partial charge in [0.2, 0.25) is 0 Å². The SMILES string of the molecule is COCCCn1c(SC(C)C(=O)c2ccc(C)c(C)c2)nc2ccccc2c1=O. The van der Waals surface area contributed by atoms with Crippen LogP contribution in [0.3, 0.4) is 0 Å². The molecule has 0 amide bonds. The first-order valence-electron chi connectivity index (χ1n) is 9.69. The third-order valence-electron chi connectivity index (χ3n) is 5.00. The van der Waals surface area contributed by atoms with E-state index in [9.17, 15) is 9.59 Å². The average Bonchev–Trinajstić information content (AvgIpc) is 2.71. The standard InChI is InChI=1S/C23H26N2O3S/c1-15-10-11-18(14-16(15)2)21(26)17(3)29-23-24-20-9-6-5-8-19(20)22(27)25(23)12-7-13-28-4/h5-6,8-11,14,17H,7,12-13H2,1-4H3. The first-order valence-corrected chi connectivity index (χ1v) is 10.6. The number of carbonyl (C=O) groups excluding carboxylic acids is 1. The molecule has 0 radical (unpaired) electrons. The van der Waals surface area contributed by atoms with Gasteiger partial charge in [-0.2, -0.15) is 0 Å². The summed E-state index contributed by atoms with van der Waals surface area (Å²) in [6, 6.07) is 13.1. The van der Waals surface area contributed by atoms with Gasteiger partial charge in [-0.25, -0.2) is 4.98 Å². The van der Waals surface area contributed by atoms with Crippen molar-refractivity contribution in [2.75, 3.05) is 13.7 Å². The molecule has 3 rings (SSSR count). The maximum atomic E-state index is 13.0. The summed E-state index contributed by atoms with van der Waals surface area (Å²) < 4.78 is 6.79. The van der Waals surface area contributed by atoms with Crippen LogP contribution in [0.1, 0.15) is 34.8 Å². The van der Waals surface area contributed by atoms with E-state index in [0.717, 1.165) is 11.1 Å². The minimum Gasteiger partial charge on any atom is -0.385 e. The van der Waals surface area contributed by atoms with Crippen molar-refractivity contribution in [3.8, 4) is 0 Å². The number of ether oxygens (including phenoxy) is 1. The van der Waals surface area contributed by atoms with Crippen LogP contribution in [0.25, 0.3) is 10.9 Å². The lowest BCUT2D eigenvalue weighted by Gasteiger charge is -2.16. The molecule has 5 nitrogen and oxygen atoms in total. The molecule has 0 saturated carbocycles. The Morgan fingerprint density at radius 1 is 1.17 bits per heavy atom. The van der Waals surface area contributed by atoms with Gasteiger partial charge in [-0.3, -0.25) is 14.2 Å². The van der Waals surface area contributed by atoms with Crippen molar-refractivity contribution < 1.29 is 9.53 Å². The largest absolute Gasteiger partial charge is 0.385 e. The molecule has 0 fully saturated rings. The number of rotatable bonds is 8. The summed E-state index contributed by atoms with van der Waals surface area (Å²) in [6.07, 6.45) is 0.698. The fourth-order valence-corrected chi connectivity index (χ4v) is 4.15. The van der Waals surface area contributed by atoms with Crippen molar-refractivity contribution in [2.45, 2.75) is 44.1 Å². The molecule has 0 aliphatic rings. The van der Waals surface area contributed by atoms with E-state index < -0.39 is 0 Å². The first-order chi connectivity index (χ1) is 13.9. The van der Waals surface area contributed by atoms with Crippen molar-refractivity contribution in [3.05, 3.63) is 69.5 Å². The third-order valence-corrected chi connectivity index (χ3v) is 6.09. The Morgan fingerprint density at radius 2 is 1.93 bits per heavy atom. The average molecular weight is 411 g/mol. The van der Waals surface area contributed by atoms with Crippen molar-refractivity contribution in [3.63, 3.8) is 0 Å². The summed E-state index contributed by atoms with van der Waals surface area (Å²) in [5.41, 5.74) is 3.49. The maximum Gasteiger partial charge on any atom is 0.262 e. The summed E-state index contributed by atoms with van der Waals surface area (Å²) >= 11 is 1.33. The molecule has 1 atom stereocenters. The molecule has 0 spiro atoms. The monoisotopic (exact) mass is 410 g/mol. The van der Waals surface area contributed by atoms with E-state index in [4.69, 9.17) is 9.72 Å². The molecule has 1 aromatic heterocycles. The van der Waals surface area contributed by atoms with Crippen LogP contribution in [0, 0.1) is 13.8 Å². The van der Waals surface area contributed by atoms with Crippen molar-refractivity contribution in [2.24, 2.45) is 0 Å². The van der Waals surface area contributed by atoms with Gasteiger partial charge in [0.05, 0.1) is 16.2 Å². The highest BCUT2D eigenvalue weighted by molar-refractivity contribution is 8.00. The molecule has 1 heterocycles. The number of hydrogen-bond acceptors (Lipinski definition) is 5. The van der Waals surface area contributed by atoms with Gasteiger partial charge in [-0.15, -0.1) is 0 Å². The van der Waals surface area contributed by atoms with E-state index in [1.165, 1.54) is 11.8 Å². The van der Waals surface area contributed by atoms with E-state index >= 15 is 0 Å². The second kappa shape index (κ2) is 9.37. The Labute approximate surface area is 175 Å². The summed E-state index contributed by atoms with van der Waals surface area (Å²) in [5, 5.41) is 0.788. The number of methoxy groups -OCH3 is 1. The van der Waals surface area contributed by atoms with Crippen LogP contribution >= 0.6 is 11.8 Å². The molecule has 6 heteroatoms. The highest BCUT2D eigenvalue weighted by Crippen LogP contribution is 2.26. The van der Waals surface area contributed by atoms with Crippen LogP contribution in [-0.2, 0) is 11.3 Å². The molecule has 2 aromatic carbocycles. The van der Waals surface area contributed by atoms with Gasteiger partial charge in [0, 0.05) is 25.8 Å². The number of nitrogens with zero attached hydrogens (tertiary/aromatic N) is 2. The quantitative estimate of drug-likeness (QED) is 0.238. The molecule has 0 saturated heterocycles. The van der Waals surface area contributed by atoms with Gasteiger partial charge in [0.1, 0.15) is 0 Å². The number of hydrogen-bond donors (Lipinski definition) is 0. The predicted octanol–water partition coefficient (Wildman–Crippen LogP) is 4.41. The number of aromatic nitrogens is 2. The Bertz CT molecular complexity index is 1090. The maximum absolute atomic E-state index is 13.0. The normalized spacial score (nSPS) is 12.3. The second-order valence-corrected chi connectivity index (χ2v) is 8.45. The molecule has 29 heavy (non-hydrogen) atoms. The lowest BCUT2D eigenvalue weighted by atomic mass is 10.0. The summed E-state index contributed by atoms with van der Waals surface area (Å²) in [7, 11) is 1.64. The molecular weight excluding hydrogens is 384 g/mol. The predicted molar refractivity (Wildman–Crippen MR) is 118 cm³/mol. The molecule has 0 aliphatic carbocycles. The van der Waals surface area contributed by atoms with Crippen molar-refractivity contribution >= 4 is 28.4 Å². The Morgan fingerprint density at radius 3 is 2.66 bits per heavy atom. The molecular formula is C23H26N2O3S. The van der Waals surface area contributed by atoms with Crippen LogP contribution < -0.4 is 5.56 Å². The van der Waals surface area contributed by atoms with E-state index in [1.54, 1.807) is 17.7 Å². The van der Waals surface area contributed by atoms with Gasteiger partial charge in [-0.05, 0) is 56.5 Å². The van der Waals surface area contributed by atoms with Gasteiger partial charge >= 0.3 is 0 Å². The number of fused-ring (bicyclic) bond motifs is 1. The smallest absolute Gasteiger partial charge is 0.262 e. The summed E-state index contributed by atoms with van der Waals surface area (Å²) in [5.74, 6) is 0.0314. The molecule has 0 bridgehead atoms. The second-order valence-electron chi connectivity index (χ2n) is 7.14. The highest BCUT2D eigenvalue weighted by Gasteiger charge is 2.21. The summed E-state index contributed by atoms with van der Waals surface area (Å²) in [6.45, 7) is 6.95. The number of thioether (sulfide) groups is 1. The fraction of sp³-hybridized carbons (Fsp3) is 0.348. The van der Waals surface area contributed by atoms with E-state index in [0.29, 0.717) is 41.2 Å². The van der Waals surface area contributed by atoms with E-state index in [1.807, 2.05) is 57.2 Å².